The van der Waals surface area contributed by atoms with Gasteiger partial charge in [0.1, 0.15) is 5.84 Å². The van der Waals surface area contributed by atoms with Gasteiger partial charge in [-0.2, -0.15) is 18.2 Å². The fraction of sp³-hybridized carbons (Fsp3) is 0.800. The van der Waals surface area contributed by atoms with E-state index in [-0.39, 0.29) is 17.7 Å². The lowest BCUT2D eigenvalue weighted by atomic mass is 9.79. The molecule has 0 amide bonds. The van der Waals surface area contributed by atoms with E-state index >= 15 is 0 Å². The number of piperidine rings is 1. The van der Waals surface area contributed by atoms with Gasteiger partial charge in [-0.3, -0.25) is 5.41 Å². The van der Waals surface area contributed by atoms with Gasteiger partial charge in [-0.05, 0) is 18.8 Å². The molecule has 1 atom stereocenters. The summed E-state index contributed by atoms with van der Waals surface area (Å²) < 4.78 is 36.1. The molecule has 1 rings (SSSR count). The number of rotatable bonds is 1. The van der Waals surface area contributed by atoms with Crippen LogP contribution in [0.3, 0.4) is 0 Å². The standard InChI is InChI=1S/C10H15F3N2O2/c1-6-4-9(2,3)5-7(14)15(6)17-8(16)10(11,12)13/h6,14H,4-5H2,1-3H3. The van der Waals surface area contributed by atoms with Crippen LogP contribution in [0.4, 0.5) is 13.2 Å². The molecule has 1 heterocycles. The molecule has 0 spiro atoms. The molecule has 1 aliphatic heterocycles. The van der Waals surface area contributed by atoms with Crippen molar-refractivity contribution in [2.24, 2.45) is 5.41 Å². The summed E-state index contributed by atoms with van der Waals surface area (Å²) >= 11 is 0. The number of hydrogen-bond acceptors (Lipinski definition) is 3. The van der Waals surface area contributed by atoms with Gasteiger partial charge in [-0.25, -0.2) is 4.79 Å². The quantitative estimate of drug-likeness (QED) is 0.780. The molecule has 0 aromatic rings. The predicted octanol–water partition coefficient (Wildman–Crippen LogP) is 2.49. The van der Waals surface area contributed by atoms with Crippen LogP contribution in [-0.2, 0) is 9.63 Å². The Morgan fingerprint density at radius 2 is 2.06 bits per heavy atom. The summed E-state index contributed by atoms with van der Waals surface area (Å²) in [5.41, 5.74) is -0.169. The van der Waals surface area contributed by atoms with Crippen molar-refractivity contribution < 1.29 is 22.8 Å². The molecule has 7 heteroatoms. The van der Waals surface area contributed by atoms with E-state index in [2.05, 4.69) is 4.84 Å². The highest BCUT2D eigenvalue weighted by Gasteiger charge is 2.45. The minimum atomic E-state index is -5.03. The average molecular weight is 252 g/mol. The van der Waals surface area contributed by atoms with Crippen LogP contribution < -0.4 is 0 Å². The smallest absolute Gasteiger partial charge is 0.331 e. The number of hydrogen-bond donors (Lipinski definition) is 1. The molecule has 0 aromatic heterocycles. The zero-order valence-corrected chi connectivity index (χ0v) is 9.89. The van der Waals surface area contributed by atoms with E-state index < -0.39 is 18.2 Å². The van der Waals surface area contributed by atoms with E-state index in [0.717, 1.165) is 5.06 Å². The minimum Gasteiger partial charge on any atom is -0.331 e. The Labute approximate surface area is 97.2 Å². The van der Waals surface area contributed by atoms with Gasteiger partial charge >= 0.3 is 12.1 Å². The van der Waals surface area contributed by atoms with Gasteiger partial charge < -0.3 is 4.84 Å². The molecule has 1 unspecified atom stereocenters. The molecule has 1 N–H and O–H groups in total. The number of carbonyl (C=O) groups is 1. The van der Waals surface area contributed by atoms with Gasteiger partial charge in [-0.1, -0.05) is 13.8 Å². The Morgan fingerprint density at radius 1 is 1.53 bits per heavy atom. The van der Waals surface area contributed by atoms with Crippen molar-refractivity contribution in [2.45, 2.75) is 45.8 Å². The molecule has 1 fully saturated rings. The summed E-state index contributed by atoms with van der Waals surface area (Å²) in [6, 6.07) is -0.433. The molecule has 1 saturated heterocycles. The number of halogens is 3. The first-order valence-corrected chi connectivity index (χ1v) is 5.19. The van der Waals surface area contributed by atoms with Crippen LogP contribution in [0.5, 0.6) is 0 Å². The lowest BCUT2D eigenvalue weighted by molar-refractivity contribution is -0.233. The molecular formula is C10H15F3N2O2. The highest BCUT2D eigenvalue weighted by atomic mass is 19.4. The molecule has 0 saturated carbocycles. The number of hydroxylamine groups is 2. The highest BCUT2D eigenvalue weighted by molar-refractivity contribution is 5.83. The molecule has 1 aliphatic rings. The van der Waals surface area contributed by atoms with Crippen molar-refractivity contribution in [3.8, 4) is 0 Å². The summed E-state index contributed by atoms with van der Waals surface area (Å²) in [6.45, 7) is 5.46. The van der Waals surface area contributed by atoms with Crippen LogP contribution >= 0.6 is 0 Å². The molecule has 0 bridgehead atoms. The molecule has 98 valence electrons. The van der Waals surface area contributed by atoms with E-state index in [4.69, 9.17) is 5.41 Å². The zero-order chi connectivity index (χ0) is 13.4. The van der Waals surface area contributed by atoms with E-state index in [1.807, 2.05) is 13.8 Å². The maximum absolute atomic E-state index is 12.0. The van der Waals surface area contributed by atoms with E-state index in [0.29, 0.717) is 6.42 Å². The SMILES string of the molecule is CC1CC(C)(C)CC(=N)N1OC(=O)C(F)(F)F. The van der Waals surface area contributed by atoms with Gasteiger partial charge in [0.15, 0.2) is 0 Å². The average Bonchev–Trinajstić information content (AvgIpc) is 2.07. The van der Waals surface area contributed by atoms with Gasteiger partial charge in [-0.15, -0.1) is 0 Å². The lowest BCUT2D eigenvalue weighted by Gasteiger charge is -2.41. The zero-order valence-electron chi connectivity index (χ0n) is 9.89. The number of nitrogens with one attached hydrogen (secondary N) is 1. The van der Waals surface area contributed by atoms with Crippen molar-refractivity contribution in [3.63, 3.8) is 0 Å². The molecule has 17 heavy (non-hydrogen) atoms. The molecule has 0 aromatic carbocycles. The summed E-state index contributed by atoms with van der Waals surface area (Å²) in [5.74, 6) is -2.39. The maximum atomic E-state index is 12.0. The van der Waals surface area contributed by atoms with Gasteiger partial charge in [0, 0.05) is 6.42 Å². The topological polar surface area (TPSA) is 53.4 Å². The number of carbonyl (C=O) groups excluding carboxylic acids is 1. The third-order valence-electron chi connectivity index (χ3n) is 2.57. The summed E-state index contributed by atoms with van der Waals surface area (Å²) in [4.78, 5) is 14.9. The van der Waals surface area contributed by atoms with Crippen molar-refractivity contribution in [1.82, 2.24) is 5.06 Å². The molecule has 0 aliphatic carbocycles. The highest BCUT2D eigenvalue weighted by Crippen LogP contribution is 2.35. The van der Waals surface area contributed by atoms with Crippen LogP contribution in [0.2, 0.25) is 0 Å². The Balaban J connectivity index is 2.73. The van der Waals surface area contributed by atoms with Crippen LogP contribution in [0, 0.1) is 10.8 Å². The van der Waals surface area contributed by atoms with E-state index in [1.54, 1.807) is 6.92 Å². The predicted molar refractivity (Wildman–Crippen MR) is 54.2 cm³/mol. The molecular weight excluding hydrogens is 237 g/mol. The van der Waals surface area contributed by atoms with Crippen LogP contribution in [0.25, 0.3) is 0 Å². The second-order valence-corrected chi connectivity index (χ2v) is 5.04. The van der Waals surface area contributed by atoms with Gasteiger partial charge in [0.05, 0.1) is 6.04 Å². The fourth-order valence-corrected chi connectivity index (χ4v) is 2.04. The lowest BCUT2D eigenvalue weighted by Crippen LogP contribution is -2.49. The van der Waals surface area contributed by atoms with E-state index in [9.17, 15) is 18.0 Å². The monoisotopic (exact) mass is 252 g/mol. The first kappa shape index (κ1) is 13.8. The Bertz CT molecular complexity index is 339. The summed E-state index contributed by atoms with van der Waals surface area (Å²) in [7, 11) is 0. The third-order valence-corrected chi connectivity index (χ3v) is 2.57. The summed E-state index contributed by atoms with van der Waals surface area (Å²) in [5, 5.41) is 8.36. The molecule has 4 nitrogen and oxygen atoms in total. The second-order valence-electron chi connectivity index (χ2n) is 5.04. The summed E-state index contributed by atoms with van der Waals surface area (Å²) in [6.07, 6.45) is -4.20. The third kappa shape index (κ3) is 3.34. The van der Waals surface area contributed by atoms with Crippen LogP contribution in [0.1, 0.15) is 33.6 Å². The number of alkyl halides is 3. The minimum absolute atomic E-state index is 0.105. The fourth-order valence-electron chi connectivity index (χ4n) is 2.04. The number of amidine groups is 1. The largest absolute Gasteiger partial charge is 0.493 e. The normalized spacial score (nSPS) is 24.7. The Hall–Kier alpha value is -1.27. The van der Waals surface area contributed by atoms with Crippen LogP contribution in [-0.4, -0.2) is 29.1 Å². The first-order valence-electron chi connectivity index (χ1n) is 5.19. The second kappa shape index (κ2) is 4.19. The Kier molecular flexibility index (Phi) is 3.40. The number of nitrogens with zero attached hydrogens (tertiary/aromatic N) is 1. The van der Waals surface area contributed by atoms with Crippen molar-refractivity contribution in [2.75, 3.05) is 0 Å². The Morgan fingerprint density at radius 3 is 2.47 bits per heavy atom. The van der Waals surface area contributed by atoms with E-state index in [1.165, 1.54) is 0 Å². The molecule has 0 radical (unpaired) electrons. The first-order chi connectivity index (χ1) is 7.53. The van der Waals surface area contributed by atoms with Crippen molar-refractivity contribution >= 4 is 11.8 Å². The van der Waals surface area contributed by atoms with Crippen LogP contribution in [0.15, 0.2) is 0 Å². The van der Waals surface area contributed by atoms with Crippen molar-refractivity contribution in [3.05, 3.63) is 0 Å². The van der Waals surface area contributed by atoms with Crippen molar-refractivity contribution in [1.29, 1.82) is 5.41 Å². The maximum Gasteiger partial charge on any atom is 0.493 e. The van der Waals surface area contributed by atoms with Gasteiger partial charge in [0.25, 0.3) is 0 Å². The van der Waals surface area contributed by atoms with Gasteiger partial charge in [0.2, 0.25) is 0 Å².